The number of hydrogen-bond donors (Lipinski definition) is 2. The van der Waals surface area contributed by atoms with Gasteiger partial charge >= 0.3 is 0 Å². The lowest BCUT2D eigenvalue weighted by Gasteiger charge is -2.14. The first-order valence-corrected chi connectivity index (χ1v) is 11.2. The Labute approximate surface area is 183 Å². The maximum Gasteiger partial charge on any atom is 0.294 e. The average Bonchev–Trinajstić information content (AvgIpc) is 3.06. The van der Waals surface area contributed by atoms with E-state index < -0.39 is 10.1 Å². The summed E-state index contributed by atoms with van der Waals surface area (Å²) < 4.78 is 32.4. The van der Waals surface area contributed by atoms with Crippen molar-refractivity contribution in [1.29, 1.82) is 0 Å². The van der Waals surface area contributed by atoms with E-state index in [1.54, 1.807) is 30.3 Å². The van der Waals surface area contributed by atoms with Gasteiger partial charge in [0.1, 0.15) is 0 Å². The maximum atomic E-state index is 12.6. The Hall–Kier alpha value is -3.66. The lowest BCUT2D eigenvalue weighted by molar-refractivity contribution is 0.0994. The third-order valence-corrected chi connectivity index (χ3v) is 6.54. The fourth-order valence-electron chi connectivity index (χ4n) is 4.11. The molecule has 0 spiro atoms. The Bertz CT molecular complexity index is 1580. The van der Waals surface area contributed by atoms with E-state index in [-0.39, 0.29) is 17.5 Å². The van der Waals surface area contributed by atoms with Crippen LogP contribution in [0.3, 0.4) is 0 Å². The zero-order chi connectivity index (χ0) is 22.6. The highest BCUT2D eigenvalue weighted by Gasteiger charge is 2.29. The topological polar surface area (TPSA) is 125 Å². The second-order valence-corrected chi connectivity index (χ2v) is 8.95. The van der Waals surface area contributed by atoms with Crippen LogP contribution in [0.15, 0.2) is 75.8 Å². The number of benzene rings is 4. The Morgan fingerprint density at radius 2 is 1.66 bits per heavy atom. The Morgan fingerprint density at radius 3 is 2.38 bits per heavy atom. The number of amides is 1. The molecule has 0 saturated heterocycles. The molecule has 0 fully saturated rings. The molecule has 1 heterocycles. The minimum absolute atomic E-state index is 0.0877. The molecule has 3 N–H and O–H groups in total. The van der Waals surface area contributed by atoms with E-state index in [0.717, 1.165) is 22.0 Å². The van der Waals surface area contributed by atoms with Crippen molar-refractivity contribution in [2.24, 2.45) is 16.0 Å². The molecule has 8 nitrogen and oxygen atoms in total. The maximum absolute atomic E-state index is 12.6. The van der Waals surface area contributed by atoms with Gasteiger partial charge in [-0.15, -0.1) is 10.2 Å². The molecule has 1 aliphatic rings. The summed E-state index contributed by atoms with van der Waals surface area (Å²) >= 11 is 0. The van der Waals surface area contributed by atoms with Crippen LogP contribution in [0.4, 0.5) is 17.1 Å². The first kappa shape index (κ1) is 20.3. The molecule has 9 heteroatoms. The Morgan fingerprint density at radius 1 is 0.938 bits per heavy atom. The van der Waals surface area contributed by atoms with Crippen LogP contribution in [0.1, 0.15) is 15.9 Å². The van der Waals surface area contributed by atoms with Gasteiger partial charge in [-0.1, -0.05) is 24.3 Å². The molecule has 0 bridgehead atoms. The predicted molar refractivity (Wildman–Crippen MR) is 122 cm³/mol. The van der Waals surface area contributed by atoms with Gasteiger partial charge in [-0.25, -0.2) is 0 Å². The van der Waals surface area contributed by atoms with Crippen molar-refractivity contribution >= 4 is 54.6 Å². The summed E-state index contributed by atoms with van der Waals surface area (Å²) in [4.78, 5) is 14.0. The normalized spacial score (nSPS) is 13.7. The summed E-state index contributed by atoms with van der Waals surface area (Å²) in [5.41, 5.74) is 9.09. The number of hydrogen-bond acceptors (Lipinski definition) is 6. The molecule has 32 heavy (non-hydrogen) atoms. The van der Waals surface area contributed by atoms with Crippen LogP contribution in [-0.4, -0.2) is 25.5 Å². The number of nitrogens with two attached hydrogens (primary N) is 1. The smallest absolute Gasteiger partial charge is 0.294 e. The first-order chi connectivity index (χ1) is 15.3. The summed E-state index contributed by atoms with van der Waals surface area (Å²) in [5, 5.41) is 11.8. The van der Waals surface area contributed by atoms with Crippen LogP contribution in [0.5, 0.6) is 0 Å². The minimum Gasteiger partial charge on any atom is -0.313 e. The van der Waals surface area contributed by atoms with E-state index in [9.17, 15) is 17.8 Å². The van der Waals surface area contributed by atoms with E-state index in [0.29, 0.717) is 27.7 Å². The van der Waals surface area contributed by atoms with E-state index in [1.165, 1.54) is 17.0 Å². The average molecular weight is 446 g/mol. The number of carbonyl (C=O) groups excluding carboxylic acids is 1. The van der Waals surface area contributed by atoms with Crippen molar-refractivity contribution in [3.8, 4) is 0 Å². The summed E-state index contributed by atoms with van der Waals surface area (Å²) in [5.74, 6) is -0.138. The largest absolute Gasteiger partial charge is 0.313 e. The lowest BCUT2D eigenvalue weighted by atomic mass is 10.0. The third kappa shape index (κ3) is 3.06. The van der Waals surface area contributed by atoms with Crippen LogP contribution in [-0.2, 0) is 10.1 Å². The number of azo groups is 1. The molecule has 0 radical (unpaired) electrons. The summed E-state index contributed by atoms with van der Waals surface area (Å²) in [6.07, 6.45) is 0. The minimum atomic E-state index is -4.31. The van der Waals surface area contributed by atoms with Crippen molar-refractivity contribution < 1.29 is 17.8 Å². The highest BCUT2D eigenvalue weighted by Crippen LogP contribution is 2.41. The Balaban J connectivity index is 1.64. The van der Waals surface area contributed by atoms with E-state index >= 15 is 0 Å². The third-order valence-electron chi connectivity index (χ3n) is 5.69. The van der Waals surface area contributed by atoms with Gasteiger partial charge < -0.3 is 5.73 Å². The molecule has 0 aliphatic carbocycles. The lowest BCUT2D eigenvalue weighted by Crippen LogP contribution is -2.32. The zero-order valence-corrected chi connectivity index (χ0v) is 17.8. The van der Waals surface area contributed by atoms with Gasteiger partial charge in [0, 0.05) is 21.7 Å². The second kappa shape index (κ2) is 7.20. The first-order valence-electron chi connectivity index (χ1n) is 9.80. The fourth-order valence-corrected chi connectivity index (χ4v) is 4.62. The molecular formula is C23H18N4O4S. The van der Waals surface area contributed by atoms with Crippen LogP contribution in [0.2, 0.25) is 0 Å². The monoisotopic (exact) mass is 446 g/mol. The van der Waals surface area contributed by atoms with Gasteiger partial charge in [0.05, 0.1) is 28.6 Å². The summed E-state index contributed by atoms with van der Waals surface area (Å²) in [6, 6.07) is 17.0. The highest BCUT2D eigenvalue weighted by molar-refractivity contribution is 7.85. The van der Waals surface area contributed by atoms with Crippen LogP contribution in [0, 0.1) is 6.92 Å². The number of carbonyl (C=O) groups is 1. The molecule has 4 aromatic rings. The van der Waals surface area contributed by atoms with Crippen molar-refractivity contribution in [2.45, 2.75) is 11.8 Å². The fraction of sp³-hybridized carbons (Fsp3) is 0.0870. The van der Waals surface area contributed by atoms with Gasteiger partial charge in [0.15, 0.2) is 0 Å². The molecule has 0 atom stereocenters. The van der Waals surface area contributed by atoms with Crippen molar-refractivity contribution in [2.75, 3.05) is 11.6 Å². The quantitative estimate of drug-likeness (QED) is 0.343. The number of aryl methyl sites for hydroxylation is 1. The van der Waals surface area contributed by atoms with Gasteiger partial charge in [0.25, 0.3) is 16.0 Å². The van der Waals surface area contributed by atoms with Gasteiger partial charge in [-0.3, -0.25) is 14.2 Å². The molecule has 0 unspecified atom stereocenters. The number of nitrogens with zero attached hydrogens (tertiary/aromatic N) is 3. The van der Waals surface area contributed by atoms with Crippen LogP contribution in [0.25, 0.3) is 21.5 Å². The van der Waals surface area contributed by atoms with Gasteiger partial charge in [-0.05, 0) is 54.3 Å². The molecule has 1 aliphatic heterocycles. The van der Waals surface area contributed by atoms with Crippen molar-refractivity contribution in [3.05, 3.63) is 71.8 Å². The summed E-state index contributed by atoms with van der Waals surface area (Å²) in [7, 11) is -4.31. The van der Waals surface area contributed by atoms with E-state index in [1.807, 2.05) is 25.1 Å². The van der Waals surface area contributed by atoms with E-state index in [4.69, 9.17) is 5.73 Å². The number of rotatable bonds is 4. The standard InChI is InChI=1S/C23H18N4O4S/c1-13-5-8-19(15-7-6-14(11-18(13)15)32(29,30)31)25-26-20-9-10-21-22-16(20)3-2-4-17(22)23(28)27(21)12-24/h2-11H,12,24H2,1H3,(H,29,30,31). The Kier molecular flexibility index (Phi) is 4.55. The summed E-state index contributed by atoms with van der Waals surface area (Å²) in [6.45, 7) is 1.94. The molecule has 0 aromatic heterocycles. The molecule has 1 amide bonds. The van der Waals surface area contributed by atoms with Crippen molar-refractivity contribution in [3.63, 3.8) is 0 Å². The van der Waals surface area contributed by atoms with Gasteiger partial charge in [-0.2, -0.15) is 8.42 Å². The van der Waals surface area contributed by atoms with Gasteiger partial charge in [0.2, 0.25) is 0 Å². The molecule has 5 rings (SSSR count). The van der Waals surface area contributed by atoms with E-state index in [2.05, 4.69) is 10.2 Å². The second-order valence-electron chi connectivity index (χ2n) is 7.53. The zero-order valence-electron chi connectivity index (χ0n) is 17.0. The van der Waals surface area contributed by atoms with Crippen molar-refractivity contribution in [1.82, 2.24) is 0 Å². The number of fused-ring (bicyclic) bond motifs is 1. The molecule has 0 saturated carbocycles. The molecule has 4 aromatic carbocycles. The van der Waals surface area contributed by atoms with Crippen LogP contribution < -0.4 is 10.6 Å². The molecule has 160 valence electrons. The SMILES string of the molecule is Cc1ccc(N=Nc2ccc3c4c(cccc24)C(=O)N3CN)c2ccc(S(=O)(=O)O)cc12. The predicted octanol–water partition coefficient (Wildman–Crippen LogP) is 4.84. The molecular weight excluding hydrogens is 428 g/mol. The van der Waals surface area contributed by atoms with Crippen LogP contribution >= 0.6 is 0 Å². The highest BCUT2D eigenvalue weighted by atomic mass is 32.2. The number of anilines is 1.